The fraction of sp³-hybridized carbons (Fsp3) is 0.471. The lowest BCUT2D eigenvalue weighted by Crippen LogP contribution is -2.63. The van der Waals surface area contributed by atoms with Crippen LogP contribution in [0.3, 0.4) is 0 Å². The summed E-state index contributed by atoms with van der Waals surface area (Å²) < 4.78 is 9.57. The Hall–Kier alpha value is -2.98. The highest BCUT2D eigenvalue weighted by Gasteiger charge is 2.82. The van der Waals surface area contributed by atoms with Gasteiger partial charge < -0.3 is 19.5 Å². The van der Waals surface area contributed by atoms with Crippen molar-refractivity contribution in [2.45, 2.75) is 68.6 Å². The summed E-state index contributed by atoms with van der Waals surface area (Å²) in [6.45, 7) is 0.952. The van der Waals surface area contributed by atoms with Gasteiger partial charge in [-0.2, -0.15) is 0 Å². The molecule has 3 fully saturated rings. The van der Waals surface area contributed by atoms with Crippen LogP contribution in [0.1, 0.15) is 59.7 Å². The molecule has 4 nitrogen and oxygen atoms in total. The Labute approximate surface area is 221 Å². The number of aromatic nitrogens is 1. The Morgan fingerprint density at radius 1 is 1.05 bits per heavy atom. The van der Waals surface area contributed by atoms with E-state index in [0.717, 1.165) is 25.3 Å². The van der Waals surface area contributed by atoms with Gasteiger partial charge in [0.05, 0.1) is 22.2 Å². The molecule has 7 atom stereocenters. The third kappa shape index (κ3) is 1.86. The number of aromatic hydroxyl groups is 1. The van der Waals surface area contributed by atoms with Gasteiger partial charge in [-0.05, 0) is 83.4 Å². The molecule has 4 aromatic rings. The number of phenolic OH excluding ortho intramolecular Hbond substituents is 1. The highest BCUT2D eigenvalue weighted by Crippen LogP contribution is 2.80. The highest BCUT2D eigenvalue weighted by atomic mass is 16.5. The van der Waals surface area contributed by atoms with Crippen LogP contribution < -0.4 is 4.74 Å². The number of benzene rings is 3. The summed E-state index contributed by atoms with van der Waals surface area (Å²) in [6.07, 6.45) is 7.79. The van der Waals surface area contributed by atoms with Gasteiger partial charge in [-0.1, -0.05) is 49.2 Å². The van der Waals surface area contributed by atoms with E-state index >= 15 is 0 Å². The molecular weight excluding hydrogens is 470 g/mol. The van der Waals surface area contributed by atoms with Crippen LogP contribution in [-0.4, -0.2) is 20.4 Å². The lowest BCUT2D eigenvalue weighted by atomic mass is 9.50. The molecule has 1 spiro atoms. The molecule has 2 aliphatic heterocycles. The average Bonchev–Trinajstić information content (AvgIpc) is 3.36. The molecule has 190 valence electrons. The molecule has 3 heterocycles. The summed E-state index contributed by atoms with van der Waals surface area (Å²) in [4.78, 5) is 0. The van der Waals surface area contributed by atoms with Crippen LogP contribution >= 0.6 is 0 Å². The van der Waals surface area contributed by atoms with E-state index in [9.17, 15) is 10.2 Å². The van der Waals surface area contributed by atoms with Crippen LogP contribution in [0.5, 0.6) is 11.5 Å². The van der Waals surface area contributed by atoms with E-state index in [1.54, 1.807) is 0 Å². The summed E-state index contributed by atoms with van der Waals surface area (Å²) in [5, 5.41) is 28.5. The zero-order valence-electron chi connectivity index (χ0n) is 21.4. The molecule has 38 heavy (non-hydrogen) atoms. The minimum atomic E-state index is -0.830. The predicted octanol–water partition coefficient (Wildman–Crippen LogP) is 5.95. The first-order valence-corrected chi connectivity index (χ1v) is 14.9. The molecule has 5 aliphatic carbocycles. The number of nitrogens with zero attached hydrogens (tertiary/aromatic N) is 1. The van der Waals surface area contributed by atoms with E-state index in [-0.39, 0.29) is 11.9 Å². The fourth-order valence-corrected chi connectivity index (χ4v) is 11.5. The second-order valence-corrected chi connectivity index (χ2v) is 13.8. The molecule has 7 aliphatic rings. The molecule has 6 unspecified atom stereocenters. The normalized spacial score (nSPS) is 38.2. The lowest BCUT2D eigenvalue weighted by molar-refractivity contribution is -0.136. The molecular formula is C34H31NO3. The van der Waals surface area contributed by atoms with Gasteiger partial charge in [0, 0.05) is 29.3 Å². The quantitative estimate of drug-likeness (QED) is 0.357. The molecule has 2 N–H and O–H groups in total. The zero-order valence-corrected chi connectivity index (χ0v) is 21.4. The summed E-state index contributed by atoms with van der Waals surface area (Å²) in [5.74, 6) is 3.65. The van der Waals surface area contributed by atoms with Gasteiger partial charge in [0.1, 0.15) is 0 Å². The number of aliphatic hydroxyl groups is 1. The maximum atomic E-state index is 13.4. The molecule has 0 amide bonds. The fourth-order valence-electron chi connectivity index (χ4n) is 11.5. The van der Waals surface area contributed by atoms with Crippen molar-refractivity contribution >= 4 is 21.7 Å². The number of phenols is 1. The third-order valence-electron chi connectivity index (χ3n) is 12.6. The maximum Gasteiger partial charge on any atom is 0.166 e. The van der Waals surface area contributed by atoms with E-state index in [1.165, 1.54) is 75.3 Å². The van der Waals surface area contributed by atoms with Crippen LogP contribution in [0.2, 0.25) is 0 Å². The standard InChI is InChI=1S/C34H31NO3/c36-25-9-7-19-13-22-24-14-20(12-16-4-5-16)27(22)33(37)15-23-21-8-6-17-2-1-3-18-10-11-35(29(21)26(17)18)30(23)32-34(24,33)28(19)31(25)38-32/h1-3,6-9,16,20,22,24,27,32,36-37H,4-5,10-15H2/t20?,22?,24?,27-,32?,33?,34?/m1/s1. The Morgan fingerprint density at radius 2 is 1.97 bits per heavy atom. The van der Waals surface area contributed by atoms with Gasteiger partial charge in [0.2, 0.25) is 0 Å². The molecule has 3 aromatic carbocycles. The van der Waals surface area contributed by atoms with Crippen LogP contribution in [0.25, 0.3) is 21.7 Å². The van der Waals surface area contributed by atoms with Crippen molar-refractivity contribution in [2.24, 2.45) is 29.6 Å². The van der Waals surface area contributed by atoms with Gasteiger partial charge in [0.15, 0.2) is 17.6 Å². The zero-order chi connectivity index (χ0) is 24.7. The number of fused-ring (bicyclic) bond motifs is 5. The van der Waals surface area contributed by atoms with E-state index in [0.29, 0.717) is 35.8 Å². The number of rotatable bonds is 2. The van der Waals surface area contributed by atoms with Crippen LogP contribution in [-0.2, 0) is 31.2 Å². The van der Waals surface area contributed by atoms with Crippen LogP contribution in [0.15, 0.2) is 42.5 Å². The van der Waals surface area contributed by atoms with Crippen molar-refractivity contribution in [2.75, 3.05) is 0 Å². The first-order chi connectivity index (χ1) is 18.6. The Morgan fingerprint density at radius 3 is 2.87 bits per heavy atom. The Balaban J connectivity index is 1.26. The first kappa shape index (κ1) is 20.0. The van der Waals surface area contributed by atoms with E-state index in [1.807, 2.05) is 6.07 Å². The maximum absolute atomic E-state index is 13.4. The van der Waals surface area contributed by atoms with E-state index in [4.69, 9.17) is 4.74 Å². The van der Waals surface area contributed by atoms with E-state index < -0.39 is 11.0 Å². The number of ether oxygens (including phenoxy) is 1. The van der Waals surface area contributed by atoms with Gasteiger partial charge in [-0.15, -0.1) is 0 Å². The molecule has 4 heteroatoms. The SMILES string of the molecule is Oc1ccc2c3c1OC1c4c(c5ccc6cccc7c6c5n4CC7)CC4(O)[C@@H]5C(CC6CC6)CC(C5C2)C314. The van der Waals surface area contributed by atoms with Gasteiger partial charge in [0.25, 0.3) is 0 Å². The molecule has 4 bridgehead atoms. The minimum absolute atomic E-state index is 0.231. The second-order valence-electron chi connectivity index (χ2n) is 13.8. The summed E-state index contributed by atoms with van der Waals surface area (Å²) >= 11 is 0. The predicted molar refractivity (Wildman–Crippen MR) is 145 cm³/mol. The molecule has 0 saturated heterocycles. The number of hydrogen-bond donors (Lipinski definition) is 2. The number of hydrogen-bond acceptors (Lipinski definition) is 3. The smallest absolute Gasteiger partial charge is 0.166 e. The third-order valence-corrected chi connectivity index (χ3v) is 12.6. The Bertz CT molecular complexity index is 1800. The monoisotopic (exact) mass is 501 g/mol. The molecule has 11 rings (SSSR count). The number of aryl methyl sites for hydroxylation is 2. The lowest BCUT2D eigenvalue weighted by Gasteiger charge is -2.55. The van der Waals surface area contributed by atoms with Crippen molar-refractivity contribution in [3.8, 4) is 11.5 Å². The highest BCUT2D eigenvalue weighted by molar-refractivity contribution is 6.10. The first-order valence-electron chi connectivity index (χ1n) is 14.9. The van der Waals surface area contributed by atoms with Crippen molar-refractivity contribution < 1.29 is 14.9 Å². The summed E-state index contributed by atoms with van der Waals surface area (Å²) in [7, 11) is 0. The topological polar surface area (TPSA) is 54.6 Å². The van der Waals surface area contributed by atoms with Crippen molar-refractivity contribution in [3.05, 3.63) is 70.4 Å². The van der Waals surface area contributed by atoms with Gasteiger partial charge >= 0.3 is 0 Å². The molecule has 3 saturated carbocycles. The van der Waals surface area contributed by atoms with Crippen molar-refractivity contribution in [3.63, 3.8) is 0 Å². The van der Waals surface area contributed by atoms with Crippen molar-refractivity contribution in [1.82, 2.24) is 4.57 Å². The second kappa shape index (κ2) is 5.94. The van der Waals surface area contributed by atoms with Gasteiger partial charge in [-0.25, -0.2) is 0 Å². The molecule has 0 radical (unpaired) electrons. The largest absolute Gasteiger partial charge is 0.504 e. The average molecular weight is 502 g/mol. The Kier molecular flexibility index (Phi) is 3.13. The molecule has 1 aromatic heterocycles. The van der Waals surface area contributed by atoms with Crippen LogP contribution in [0.4, 0.5) is 0 Å². The van der Waals surface area contributed by atoms with Crippen LogP contribution in [0, 0.1) is 29.6 Å². The minimum Gasteiger partial charge on any atom is -0.504 e. The van der Waals surface area contributed by atoms with Crippen molar-refractivity contribution in [1.29, 1.82) is 0 Å². The van der Waals surface area contributed by atoms with E-state index in [2.05, 4.69) is 41.0 Å². The van der Waals surface area contributed by atoms with Gasteiger partial charge in [-0.3, -0.25) is 0 Å². The summed E-state index contributed by atoms with van der Waals surface area (Å²) in [5.41, 5.74) is 6.60. The summed E-state index contributed by atoms with van der Waals surface area (Å²) in [6, 6.07) is 15.3.